The van der Waals surface area contributed by atoms with Gasteiger partial charge in [-0.05, 0) is 18.6 Å². The van der Waals surface area contributed by atoms with E-state index in [1.807, 2.05) is 6.92 Å². The predicted octanol–water partition coefficient (Wildman–Crippen LogP) is 2.73. The number of fused-ring (bicyclic) bond motifs is 1. The van der Waals surface area contributed by atoms with Crippen LogP contribution in [0.15, 0.2) is 18.3 Å². The van der Waals surface area contributed by atoms with Crippen molar-refractivity contribution in [2.75, 3.05) is 11.9 Å². The van der Waals surface area contributed by atoms with Crippen molar-refractivity contribution < 1.29 is 9.53 Å². The van der Waals surface area contributed by atoms with Gasteiger partial charge in [-0.2, -0.15) is 5.10 Å². The zero-order valence-electron chi connectivity index (χ0n) is 9.89. The Bertz CT molecular complexity index is 555. The number of ether oxygens (including phenoxy) is 1. The second-order valence-corrected chi connectivity index (χ2v) is 4.09. The Morgan fingerprint density at radius 1 is 1.56 bits per heavy atom. The predicted molar refractivity (Wildman–Crippen MR) is 67.9 cm³/mol. The molecule has 2 heterocycles. The van der Waals surface area contributed by atoms with Gasteiger partial charge in [-0.1, -0.05) is 24.9 Å². The molecule has 2 aromatic heterocycles. The third kappa shape index (κ3) is 3.10. The van der Waals surface area contributed by atoms with Gasteiger partial charge in [-0.25, -0.2) is 14.3 Å². The molecule has 2 rings (SSSR count). The van der Waals surface area contributed by atoms with Crippen LogP contribution in [0.4, 0.5) is 10.6 Å². The summed E-state index contributed by atoms with van der Waals surface area (Å²) in [7, 11) is 0. The van der Waals surface area contributed by atoms with Crippen LogP contribution in [-0.2, 0) is 4.74 Å². The van der Waals surface area contributed by atoms with Crippen LogP contribution >= 0.6 is 11.6 Å². The fraction of sp³-hybridized carbons (Fsp3) is 0.364. The number of carbonyl (C=O) groups is 1. The molecule has 0 unspecified atom stereocenters. The van der Waals surface area contributed by atoms with Crippen LogP contribution in [0.2, 0.25) is 5.15 Å². The van der Waals surface area contributed by atoms with E-state index in [-0.39, 0.29) is 0 Å². The minimum Gasteiger partial charge on any atom is -0.449 e. The molecular weight excluding hydrogens is 256 g/mol. The molecule has 2 aromatic rings. The highest BCUT2D eigenvalue weighted by Crippen LogP contribution is 2.11. The van der Waals surface area contributed by atoms with E-state index < -0.39 is 6.09 Å². The number of imidazole rings is 1. The van der Waals surface area contributed by atoms with Gasteiger partial charge in [0.2, 0.25) is 0 Å². The molecule has 1 N–H and O–H groups in total. The molecule has 0 bridgehead atoms. The fourth-order valence-electron chi connectivity index (χ4n) is 1.37. The molecule has 0 saturated heterocycles. The van der Waals surface area contributed by atoms with Crippen LogP contribution in [-0.4, -0.2) is 27.3 Å². The molecule has 1 amide bonds. The first-order chi connectivity index (χ1) is 8.69. The zero-order chi connectivity index (χ0) is 13.0. The number of anilines is 1. The number of carbonyl (C=O) groups excluding carboxylic acids is 1. The van der Waals surface area contributed by atoms with E-state index in [1.165, 1.54) is 4.52 Å². The Hall–Kier alpha value is -1.82. The van der Waals surface area contributed by atoms with Crippen molar-refractivity contribution in [3.63, 3.8) is 0 Å². The minimum atomic E-state index is -0.516. The molecule has 18 heavy (non-hydrogen) atoms. The van der Waals surface area contributed by atoms with Gasteiger partial charge in [0.25, 0.3) is 0 Å². The molecule has 0 saturated carbocycles. The quantitative estimate of drug-likeness (QED) is 0.866. The number of hydrogen-bond acceptors (Lipinski definition) is 4. The van der Waals surface area contributed by atoms with Gasteiger partial charge in [0, 0.05) is 0 Å². The monoisotopic (exact) mass is 268 g/mol. The number of unbranched alkanes of at least 4 members (excludes halogenated alkanes) is 1. The number of nitrogens with one attached hydrogen (secondary N) is 1. The van der Waals surface area contributed by atoms with Crippen LogP contribution in [0, 0.1) is 0 Å². The average molecular weight is 269 g/mol. The maximum atomic E-state index is 11.4. The lowest BCUT2D eigenvalue weighted by Gasteiger charge is -2.02. The summed E-state index contributed by atoms with van der Waals surface area (Å²) in [6.45, 7) is 2.43. The maximum absolute atomic E-state index is 11.4. The van der Waals surface area contributed by atoms with E-state index >= 15 is 0 Å². The highest BCUT2D eigenvalue weighted by molar-refractivity contribution is 6.29. The van der Waals surface area contributed by atoms with E-state index in [0.717, 1.165) is 12.8 Å². The zero-order valence-corrected chi connectivity index (χ0v) is 10.6. The Labute approximate surface area is 109 Å². The Morgan fingerprint density at radius 2 is 2.39 bits per heavy atom. The molecule has 7 heteroatoms. The smallest absolute Gasteiger partial charge is 0.412 e. The van der Waals surface area contributed by atoms with Crippen molar-refractivity contribution in [3.8, 4) is 0 Å². The highest BCUT2D eigenvalue weighted by atomic mass is 35.5. The lowest BCUT2D eigenvalue weighted by Crippen LogP contribution is -2.14. The Balaban J connectivity index is 2.01. The van der Waals surface area contributed by atoms with Gasteiger partial charge < -0.3 is 4.74 Å². The number of rotatable bonds is 4. The van der Waals surface area contributed by atoms with Gasteiger partial charge in [0.1, 0.15) is 5.15 Å². The van der Waals surface area contributed by atoms with Gasteiger partial charge in [-0.3, -0.25) is 5.32 Å². The molecule has 0 radical (unpaired) electrons. The summed E-state index contributed by atoms with van der Waals surface area (Å²) in [4.78, 5) is 15.6. The van der Waals surface area contributed by atoms with Crippen molar-refractivity contribution in [3.05, 3.63) is 23.5 Å². The number of nitrogens with zero attached hydrogens (tertiary/aromatic N) is 3. The summed E-state index contributed by atoms with van der Waals surface area (Å²) in [5.41, 5.74) is 0.600. The lowest BCUT2D eigenvalue weighted by atomic mass is 10.4. The molecule has 6 nitrogen and oxygen atoms in total. The lowest BCUT2D eigenvalue weighted by molar-refractivity contribution is 0.160. The Kier molecular flexibility index (Phi) is 3.99. The van der Waals surface area contributed by atoms with Gasteiger partial charge in [0.05, 0.1) is 12.8 Å². The van der Waals surface area contributed by atoms with Crippen molar-refractivity contribution in [1.82, 2.24) is 14.6 Å². The number of aromatic nitrogens is 3. The standard InChI is InChI=1S/C11H13ClN4O2/c1-2-3-6-18-11(17)14-9-7-16-10(13-9)5-4-8(12)15-16/h4-5,7H,2-3,6H2,1H3,(H,14,17). The van der Waals surface area contributed by atoms with Crippen LogP contribution in [0.5, 0.6) is 0 Å². The number of halogens is 1. The van der Waals surface area contributed by atoms with Crippen molar-refractivity contribution in [2.45, 2.75) is 19.8 Å². The van der Waals surface area contributed by atoms with Gasteiger partial charge in [0.15, 0.2) is 11.5 Å². The first-order valence-corrected chi connectivity index (χ1v) is 6.02. The fourth-order valence-corrected chi connectivity index (χ4v) is 1.51. The second kappa shape index (κ2) is 5.68. The van der Waals surface area contributed by atoms with Crippen LogP contribution in [0.25, 0.3) is 5.65 Å². The minimum absolute atomic E-state index is 0.358. The van der Waals surface area contributed by atoms with Crippen molar-refractivity contribution >= 4 is 29.2 Å². The summed E-state index contributed by atoms with van der Waals surface area (Å²) < 4.78 is 6.45. The van der Waals surface area contributed by atoms with E-state index in [9.17, 15) is 4.79 Å². The van der Waals surface area contributed by atoms with Crippen LogP contribution in [0.1, 0.15) is 19.8 Å². The topological polar surface area (TPSA) is 68.5 Å². The molecule has 0 spiro atoms. The normalized spacial score (nSPS) is 10.6. The van der Waals surface area contributed by atoms with E-state index in [4.69, 9.17) is 16.3 Å². The molecular formula is C11H13ClN4O2. The first kappa shape index (κ1) is 12.6. The summed E-state index contributed by atoms with van der Waals surface area (Å²) in [5.74, 6) is 0.381. The second-order valence-electron chi connectivity index (χ2n) is 3.70. The van der Waals surface area contributed by atoms with Gasteiger partial charge >= 0.3 is 6.09 Å². The Morgan fingerprint density at radius 3 is 3.17 bits per heavy atom. The largest absolute Gasteiger partial charge is 0.449 e. The molecule has 0 fully saturated rings. The van der Waals surface area contributed by atoms with Crippen molar-refractivity contribution in [2.24, 2.45) is 0 Å². The summed E-state index contributed by atoms with van der Waals surface area (Å²) in [6.07, 6.45) is 2.88. The summed E-state index contributed by atoms with van der Waals surface area (Å²) in [6, 6.07) is 3.34. The SMILES string of the molecule is CCCCOC(=O)Nc1cn2nc(Cl)ccc2n1. The molecule has 96 valence electrons. The number of amides is 1. The third-order valence-electron chi connectivity index (χ3n) is 2.25. The molecule has 0 aliphatic carbocycles. The molecule has 0 aliphatic heterocycles. The van der Waals surface area contributed by atoms with E-state index in [0.29, 0.717) is 23.2 Å². The summed E-state index contributed by atoms with van der Waals surface area (Å²) >= 11 is 5.75. The van der Waals surface area contributed by atoms with Crippen molar-refractivity contribution in [1.29, 1.82) is 0 Å². The highest BCUT2D eigenvalue weighted by Gasteiger charge is 2.07. The molecule has 0 aromatic carbocycles. The van der Waals surface area contributed by atoms with Gasteiger partial charge in [-0.15, -0.1) is 0 Å². The van der Waals surface area contributed by atoms with E-state index in [2.05, 4.69) is 15.4 Å². The van der Waals surface area contributed by atoms with Crippen LogP contribution in [0.3, 0.4) is 0 Å². The van der Waals surface area contributed by atoms with E-state index in [1.54, 1.807) is 18.3 Å². The number of hydrogen-bond donors (Lipinski definition) is 1. The maximum Gasteiger partial charge on any atom is 0.412 e. The van der Waals surface area contributed by atoms with Crippen LogP contribution < -0.4 is 5.32 Å². The first-order valence-electron chi connectivity index (χ1n) is 5.64. The molecule has 0 atom stereocenters. The molecule has 0 aliphatic rings. The summed E-state index contributed by atoms with van der Waals surface area (Å²) in [5, 5.41) is 6.90. The third-order valence-corrected chi connectivity index (χ3v) is 2.45. The average Bonchev–Trinajstić information content (AvgIpc) is 2.70.